The van der Waals surface area contributed by atoms with Crippen LogP contribution in [-0.4, -0.2) is 65.5 Å². The number of nitrogens with one attached hydrogen (secondary N) is 1. The standard InChI is InChI=1S/C19H28N2O7S/c1-10(22)25-9-14-16(26-11(2)23)17(27-12(3)24)15-18(28-14)29-19(21-15)20-13-7-5-4-6-8-13/h13-18H,4-9H2,1-3H3,(H,20,21)/t14-,15?,16-,17-,18?/m1/s1. The quantitative estimate of drug-likeness (QED) is 0.514. The lowest BCUT2D eigenvalue weighted by atomic mass is 9.96. The number of rotatable bonds is 5. The molecule has 29 heavy (non-hydrogen) atoms. The van der Waals surface area contributed by atoms with Crippen molar-refractivity contribution in [2.75, 3.05) is 6.61 Å². The number of ether oxygens (including phenoxy) is 4. The summed E-state index contributed by atoms with van der Waals surface area (Å²) in [6, 6.07) is -0.156. The number of nitrogens with zero attached hydrogens (tertiary/aromatic N) is 1. The van der Waals surface area contributed by atoms with E-state index in [2.05, 4.69) is 5.32 Å². The van der Waals surface area contributed by atoms with Gasteiger partial charge in [0, 0.05) is 26.8 Å². The SMILES string of the molecule is CC(=O)OC[C@H]1OC2SC(NC3CCCCC3)=NC2[C@@H](OC(C)=O)[C@@H]1OC(C)=O. The molecule has 1 saturated carbocycles. The van der Waals surface area contributed by atoms with Crippen LogP contribution in [-0.2, 0) is 33.3 Å². The van der Waals surface area contributed by atoms with E-state index in [1.54, 1.807) is 0 Å². The van der Waals surface area contributed by atoms with Crippen LogP contribution in [0.2, 0.25) is 0 Å². The number of fused-ring (bicyclic) bond motifs is 1. The van der Waals surface area contributed by atoms with E-state index in [0.717, 1.165) is 18.0 Å². The molecule has 2 unspecified atom stereocenters. The van der Waals surface area contributed by atoms with Crippen molar-refractivity contribution in [1.29, 1.82) is 0 Å². The molecule has 1 aliphatic carbocycles. The maximum atomic E-state index is 11.7. The average Bonchev–Trinajstić information content (AvgIpc) is 3.04. The molecule has 5 atom stereocenters. The molecule has 0 aromatic carbocycles. The number of carbonyl (C=O) groups is 3. The number of hydrogen-bond acceptors (Lipinski definition) is 10. The van der Waals surface area contributed by atoms with E-state index in [0.29, 0.717) is 6.04 Å². The molecule has 10 heteroatoms. The van der Waals surface area contributed by atoms with Crippen LogP contribution in [0.4, 0.5) is 0 Å². The summed E-state index contributed by atoms with van der Waals surface area (Å²) in [5, 5.41) is 4.20. The van der Waals surface area contributed by atoms with Crippen molar-refractivity contribution in [3.05, 3.63) is 0 Å². The Labute approximate surface area is 174 Å². The van der Waals surface area contributed by atoms with Gasteiger partial charge in [-0.2, -0.15) is 0 Å². The molecule has 0 aromatic rings. The Kier molecular flexibility index (Phi) is 7.39. The molecule has 0 bridgehead atoms. The molecule has 1 N–H and O–H groups in total. The largest absolute Gasteiger partial charge is 0.463 e. The first kappa shape index (κ1) is 21.9. The first-order valence-electron chi connectivity index (χ1n) is 9.97. The molecule has 3 rings (SSSR count). The van der Waals surface area contributed by atoms with E-state index in [1.165, 1.54) is 51.8 Å². The van der Waals surface area contributed by atoms with Gasteiger partial charge in [-0.3, -0.25) is 19.4 Å². The molecule has 3 aliphatic rings. The summed E-state index contributed by atoms with van der Waals surface area (Å²) in [6.07, 6.45) is 3.31. The van der Waals surface area contributed by atoms with Gasteiger partial charge in [-0.1, -0.05) is 31.0 Å². The number of hydrogen-bond donors (Lipinski definition) is 1. The predicted octanol–water partition coefficient (Wildman–Crippen LogP) is 1.53. The average molecular weight is 429 g/mol. The fourth-order valence-corrected chi connectivity index (χ4v) is 5.08. The maximum Gasteiger partial charge on any atom is 0.303 e. The lowest BCUT2D eigenvalue weighted by molar-refractivity contribution is -0.208. The number of amidine groups is 1. The summed E-state index contributed by atoms with van der Waals surface area (Å²) in [6.45, 7) is 3.74. The fourth-order valence-electron chi connectivity index (χ4n) is 3.89. The summed E-state index contributed by atoms with van der Waals surface area (Å²) in [7, 11) is 0. The van der Waals surface area contributed by atoms with Crippen molar-refractivity contribution in [2.45, 2.75) is 88.7 Å². The molecule has 1 saturated heterocycles. The van der Waals surface area contributed by atoms with Crippen molar-refractivity contribution < 1.29 is 33.3 Å². The smallest absolute Gasteiger partial charge is 0.303 e. The molecule has 0 aromatic heterocycles. The predicted molar refractivity (Wildman–Crippen MR) is 105 cm³/mol. The summed E-state index contributed by atoms with van der Waals surface area (Å²) < 4.78 is 22.1. The third-order valence-corrected chi connectivity index (χ3v) is 6.17. The Bertz CT molecular complexity index is 665. The van der Waals surface area contributed by atoms with Gasteiger partial charge in [0.25, 0.3) is 0 Å². The van der Waals surface area contributed by atoms with Gasteiger partial charge >= 0.3 is 17.9 Å². The zero-order valence-corrected chi connectivity index (χ0v) is 17.7. The number of thioether (sulfide) groups is 1. The highest BCUT2D eigenvalue weighted by Gasteiger charge is 2.53. The van der Waals surface area contributed by atoms with Crippen molar-refractivity contribution in [2.24, 2.45) is 4.99 Å². The van der Waals surface area contributed by atoms with Gasteiger partial charge < -0.3 is 24.3 Å². The number of carbonyl (C=O) groups excluding carboxylic acids is 3. The van der Waals surface area contributed by atoms with E-state index < -0.39 is 47.7 Å². The summed E-state index contributed by atoms with van der Waals surface area (Å²) in [5.74, 6) is -1.53. The second kappa shape index (κ2) is 9.80. The first-order valence-corrected chi connectivity index (χ1v) is 10.9. The first-order chi connectivity index (χ1) is 13.8. The van der Waals surface area contributed by atoms with Crippen molar-refractivity contribution >= 4 is 34.8 Å². The molecular formula is C19H28N2O7S. The van der Waals surface area contributed by atoms with Crippen LogP contribution in [0.5, 0.6) is 0 Å². The minimum absolute atomic E-state index is 0.111. The second-order valence-corrected chi connectivity index (χ2v) is 8.60. The normalized spacial score (nSPS) is 32.0. The molecule has 9 nitrogen and oxygen atoms in total. The summed E-state index contributed by atoms with van der Waals surface area (Å²) in [4.78, 5) is 39.4. The molecule has 2 heterocycles. The van der Waals surface area contributed by atoms with Crippen LogP contribution < -0.4 is 5.32 Å². The minimum atomic E-state index is -0.921. The van der Waals surface area contributed by atoms with E-state index in [4.69, 9.17) is 23.9 Å². The molecule has 2 fully saturated rings. The van der Waals surface area contributed by atoms with Gasteiger partial charge in [-0.05, 0) is 12.8 Å². The maximum absolute atomic E-state index is 11.7. The van der Waals surface area contributed by atoms with E-state index in [1.807, 2.05) is 0 Å². The van der Waals surface area contributed by atoms with Crippen molar-refractivity contribution in [3.63, 3.8) is 0 Å². The molecule has 0 radical (unpaired) electrons. The van der Waals surface area contributed by atoms with Crippen LogP contribution in [0.1, 0.15) is 52.9 Å². The highest BCUT2D eigenvalue weighted by molar-refractivity contribution is 8.14. The van der Waals surface area contributed by atoms with Crippen molar-refractivity contribution in [3.8, 4) is 0 Å². The van der Waals surface area contributed by atoms with E-state index in [-0.39, 0.29) is 6.61 Å². The zero-order valence-electron chi connectivity index (χ0n) is 16.9. The molecule has 162 valence electrons. The Morgan fingerprint density at radius 2 is 1.69 bits per heavy atom. The van der Waals surface area contributed by atoms with E-state index >= 15 is 0 Å². The Balaban J connectivity index is 1.78. The lowest BCUT2D eigenvalue weighted by Crippen LogP contribution is -2.59. The summed E-state index contributed by atoms with van der Waals surface area (Å²) in [5.41, 5.74) is -0.433. The topological polar surface area (TPSA) is 113 Å². The van der Waals surface area contributed by atoms with Crippen LogP contribution in [0, 0.1) is 0 Å². The minimum Gasteiger partial charge on any atom is -0.463 e. The third kappa shape index (κ3) is 5.85. The van der Waals surface area contributed by atoms with Crippen LogP contribution in [0.25, 0.3) is 0 Å². The summed E-state index contributed by atoms with van der Waals surface area (Å²) >= 11 is 1.42. The second-order valence-electron chi connectivity index (χ2n) is 7.52. The Morgan fingerprint density at radius 3 is 2.31 bits per heavy atom. The number of esters is 3. The Morgan fingerprint density at radius 1 is 1.03 bits per heavy atom. The van der Waals surface area contributed by atoms with Gasteiger partial charge in [-0.15, -0.1) is 0 Å². The zero-order chi connectivity index (χ0) is 21.0. The fraction of sp³-hybridized carbons (Fsp3) is 0.789. The third-order valence-electron chi connectivity index (χ3n) is 5.10. The molecule has 0 spiro atoms. The highest BCUT2D eigenvalue weighted by atomic mass is 32.2. The monoisotopic (exact) mass is 428 g/mol. The molecular weight excluding hydrogens is 400 g/mol. The number of aliphatic imine (C=N–C) groups is 1. The highest BCUT2D eigenvalue weighted by Crippen LogP contribution is 2.39. The van der Waals surface area contributed by atoms with Crippen LogP contribution >= 0.6 is 11.8 Å². The van der Waals surface area contributed by atoms with E-state index in [9.17, 15) is 14.4 Å². The Hall–Kier alpha value is -1.81. The molecule has 2 aliphatic heterocycles. The molecule has 0 amide bonds. The van der Waals surface area contributed by atoms with Gasteiger partial charge in [0.1, 0.15) is 24.2 Å². The van der Waals surface area contributed by atoms with Crippen molar-refractivity contribution in [1.82, 2.24) is 5.32 Å². The lowest BCUT2D eigenvalue weighted by Gasteiger charge is -2.41. The van der Waals surface area contributed by atoms with Crippen LogP contribution in [0.15, 0.2) is 4.99 Å². The van der Waals surface area contributed by atoms with Gasteiger partial charge in [0.15, 0.2) is 17.4 Å². The van der Waals surface area contributed by atoms with Crippen LogP contribution in [0.3, 0.4) is 0 Å². The van der Waals surface area contributed by atoms with Gasteiger partial charge in [0.05, 0.1) is 0 Å². The van der Waals surface area contributed by atoms with Gasteiger partial charge in [0.2, 0.25) is 0 Å². The van der Waals surface area contributed by atoms with Gasteiger partial charge in [-0.25, -0.2) is 0 Å².